The van der Waals surface area contributed by atoms with Crippen LogP contribution < -0.4 is 4.74 Å². The van der Waals surface area contributed by atoms with Gasteiger partial charge in [-0.3, -0.25) is 4.79 Å². The van der Waals surface area contributed by atoms with Crippen LogP contribution in [0.4, 0.5) is 0 Å². The summed E-state index contributed by atoms with van der Waals surface area (Å²) in [6.07, 6.45) is 6.85. The molecular weight excluding hydrogens is 378 g/mol. The molecule has 2 aromatic carbocycles. The molecule has 142 valence electrons. The van der Waals surface area contributed by atoms with E-state index in [1.54, 1.807) is 31.4 Å². The zero-order valence-corrected chi connectivity index (χ0v) is 15.9. The van der Waals surface area contributed by atoms with E-state index in [4.69, 9.17) is 11.2 Å². The summed E-state index contributed by atoms with van der Waals surface area (Å²) in [6, 6.07) is 12.6. The Balaban J connectivity index is 1.84. The summed E-state index contributed by atoms with van der Waals surface area (Å²) < 4.78 is 31.4. The molecule has 0 saturated carbocycles. The molecule has 8 heteroatoms. The number of rotatable bonds is 7. The third-order valence-corrected chi connectivity index (χ3v) is 5.57. The maximum Gasteiger partial charge on any atom is 0.284 e. The number of benzene rings is 2. The lowest BCUT2D eigenvalue weighted by Crippen LogP contribution is -2.14. The summed E-state index contributed by atoms with van der Waals surface area (Å²) in [6.45, 7) is 0. The van der Waals surface area contributed by atoms with Crippen molar-refractivity contribution in [1.82, 2.24) is 14.2 Å². The molecule has 3 rings (SSSR count). The molecule has 1 aromatic heterocycles. The first-order valence-corrected chi connectivity index (χ1v) is 9.78. The van der Waals surface area contributed by atoms with Crippen molar-refractivity contribution < 1.29 is 17.9 Å². The van der Waals surface area contributed by atoms with Gasteiger partial charge in [0.25, 0.3) is 10.0 Å². The maximum atomic E-state index is 12.8. The quantitative estimate of drug-likeness (QED) is 0.451. The number of terminal acetylenes is 1. The van der Waals surface area contributed by atoms with Crippen LogP contribution in [0.2, 0.25) is 0 Å². The molecule has 0 aliphatic carbocycles. The number of Topliss-reactive ketones (excluding diaryl/α,β-unsaturated/α-hetero) is 1. The molecule has 0 unspecified atom stereocenters. The summed E-state index contributed by atoms with van der Waals surface area (Å²) >= 11 is 0. The van der Waals surface area contributed by atoms with Crippen LogP contribution in [0, 0.1) is 12.3 Å². The van der Waals surface area contributed by atoms with Gasteiger partial charge in [0.15, 0.2) is 11.6 Å². The van der Waals surface area contributed by atoms with Gasteiger partial charge in [0.1, 0.15) is 12.1 Å². The minimum Gasteiger partial charge on any atom is -0.497 e. The van der Waals surface area contributed by atoms with Crippen LogP contribution in [-0.2, 0) is 10.0 Å². The van der Waals surface area contributed by atoms with Crippen molar-refractivity contribution in [1.29, 1.82) is 0 Å². The third-order valence-electron chi connectivity index (χ3n) is 4.04. The Morgan fingerprint density at radius 2 is 1.82 bits per heavy atom. The Kier molecular flexibility index (Phi) is 5.57. The van der Waals surface area contributed by atoms with Crippen molar-refractivity contribution in [2.45, 2.75) is 17.7 Å². The van der Waals surface area contributed by atoms with Gasteiger partial charge < -0.3 is 4.74 Å². The van der Waals surface area contributed by atoms with Crippen LogP contribution in [0.5, 0.6) is 5.75 Å². The number of nitrogens with zero attached hydrogens (tertiary/aromatic N) is 3. The highest BCUT2D eigenvalue weighted by Gasteiger charge is 2.20. The van der Waals surface area contributed by atoms with Crippen LogP contribution in [0.15, 0.2) is 59.8 Å². The van der Waals surface area contributed by atoms with Crippen LogP contribution in [0.3, 0.4) is 0 Å². The molecule has 0 aliphatic heterocycles. The average molecular weight is 395 g/mol. The van der Waals surface area contributed by atoms with Gasteiger partial charge in [-0.05, 0) is 36.4 Å². The van der Waals surface area contributed by atoms with Crippen LogP contribution in [0.25, 0.3) is 11.4 Å². The van der Waals surface area contributed by atoms with Crippen molar-refractivity contribution in [3.05, 3.63) is 60.4 Å². The van der Waals surface area contributed by atoms with Crippen molar-refractivity contribution >= 4 is 15.8 Å². The Bertz CT molecular complexity index is 1130. The van der Waals surface area contributed by atoms with E-state index in [0.717, 1.165) is 10.4 Å². The van der Waals surface area contributed by atoms with Crippen LogP contribution >= 0.6 is 0 Å². The molecule has 7 nitrogen and oxygen atoms in total. The van der Waals surface area contributed by atoms with E-state index >= 15 is 0 Å². The molecule has 0 radical (unpaired) electrons. The fourth-order valence-electron chi connectivity index (χ4n) is 2.49. The Morgan fingerprint density at radius 1 is 1.14 bits per heavy atom. The predicted octanol–water partition coefficient (Wildman–Crippen LogP) is 2.79. The largest absolute Gasteiger partial charge is 0.497 e. The normalized spacial score (nSPS) is 11.0. The lowest BCUT2D eigenvalue weighted by Gasteiger charge is -2.05. The number of carbonyl (C=O) groups is 1. The first kappa shape index (κ1) is 19.3. The van der Waals surface area contributed by atoms with Crippen molar-refractivity contribution in [3.63, 3.8) is 0 Å². The van der Waals surface area contributed by atoms with E-state index in [-0.39, 0.29) is 22.9 Å². The summed E-state index contributed by atoms with van der Waals surface area (Å²) in [5, 5.41) is 4.07. The van der Waals surface area contributed by atoms with Gasteiger partial charge in [0, 0.05) is 24.0 Å². The highest BCUT2D eigenvalue weighted by atomic mass is 32.2. The van der Waals surface area contributed by atoms with E-state index in [1.165, 1.54) is 24.3 Å². The Labute approximate surface area is 163 Å². The van der Waals surface area contributed by atoms with E-state index in [2.05, 4.69) is 16.0 Å². The summed E-state index contributed by atoms with van der Waals surface area (Å²) in [7, 11) is -2.37. The fourth-order valence-corrected chi connectivity index (χ4v) is 3.54. The second-order valence-corrected chi connectivity index (χ2v) is 7.62. The first-order valence-electron chi connectivity index (χ1n) is 8.34. The standard InChI is InChI=1S/C20H17N3O4S/c1-3-4-5-19(24)15-8-12-18(13-9-15)28(25,26)23-14-21-20(22-23)16-6-10-17(27-2)11-7-16/h1,6-14H,4-5H2,2H3. The lowest BCUT2D eigenvalue weighted by atomic mass is 10.1. The van der Waals surface area contributed by atoms with Crippen molar-refractivity contribution in [2.24, 2.45) is 0 Å². The minimum atomic E-state index is -3.92. The highest BCUT2D eigenvalue weighted by Crippen LogP contribution is 2.21. The SMILES string of the molecule is C#CCCC(=O)c1ccc(S(=O)(=O)n2cnc(-c3ccc(OC)cc3)n2)cc1. The molecule has 0 amide bonds. The molecule has 0 N–H and O–H groups in total. The number of carbonyl (C=O) groups excluding carboxylic acids is 1. The zero-order valence-electron chi connectivity index (χ0n) is 15.1. The second kappa shape index (κ2) is 8.06. The smallest absolute Gasteiger partial charge is 0.284 e. The first-order chi connectivity index (χ1) is 13.5. The van der Waals surface area contributed by atoms with Gasteiger partial charge >= 0.3 is 0 Å². The molecule has 0 aliphatic rings. The van der Waals surface area contributed by atoms with Crippen molar-refractivity contribution in [3.8, 4) is 29.5 Å². The predicted molar refractivity (Wildman–Crippen MR) is 103 cm³/mol. The van der Waals surface area contributed by atoms with Crippen LogP contribution in [-0.4, -0.2) is 35.5 Å². The van der Waals surface area contributed by atoms with Gasteiger partial charge in [-0.1, -0.05) is 12.1 Å². The molecule has 0 spiro atoms. The second-order valence-electron chi connectivity index (χ2n) is 5.83. The highest BCUT2D eigenvalue weighted by molar-refractivity contribution is 7.89. The number of aromatic nitrogens is 3. The molecule has 0 bridgehead atoms. The minimum absolute atomic E-state index is 0.00665. The molecule has 1 heterocycles. The number of methoxy groups -OCH3 is 1. The topological polar surface area (TPSA) is 91.2 Å². The number of ether oxygens (including phenoxy) is 1. The van der Waals surface area contributed by atoms with E-state index < -0.39 is 10.0 Å². The van der Waals surface area contributed by atoms with Gasteiger partial charge in [-0.15, -0.1) is 21.5 Å². The van der Waals surface area contributed by atoms with E-state index in [9.17, 15) is 13.2 Å². The molecule has 0 fully saturated rings. The van der Waals surface area contributed by atoms with Gasteiger partial charge in [-0.25, -0.2) is 4.98 Å². The van der Waals surface area contributed by atoms with E-state index in [0.29, 0.717) is 23.3 Å². The average Bonchev–Trinajstić information content (AvgIpc) is 3.23. The van der Waals surface area contributed by atoms with Gasteiger partial charge in [0.05, 0.1) is 12.0 Å². The summed E-state index contributed by atoms with van der Waals surface area (Å²) in [5.74, 6) is 3.22. The zero-order chi connectivity index (χ0) is 20.1. The molecule has 0 atom stereocenters. The molecule has 28 heavy (non-hydrogen) atoms. The number of hydrogen-bond donors (Lipinski definition) is 0. The molecule has 3 aromatic rings. The fraction of sp³-hybridized carbons (Fsp3) is 0.150. The van der Waals surface area contributed by atoms with Gasteiger partial charge in [0.2, 0.25) is 0 Å². The van der Waals surface area contributed by atoms with Crippen molar-refractivity contribution in [2.75, 3.05) is 7.11 Å². The monoisotopic (exact) mass is 395 g/mol. The van der Waals surface area contributed by atoms with Gasteiger partial charge in [-0.2, -0.15) is 8.42 Å². The Hall–Kier alpha value is -3.44. The third kappa shape index (κ3) is 3.94. The summed E-state index contributed by atoms with van der Waals surface area (Å²) in [4.78, 5) is 16.0. The summed E-state index contributed by atoms with van der Waals surface area (Å²) in [5.41, 5.74) is 1.07. The number of ketones is 1. The lowest BCUT2D eigenvalue weighted by molar-refractivity contribution is 0.0984. The van der Waals surface area contributed by atoms with Crippen LogP contribution in [0.1, 0.15) is 23.2 Å². The molecular formula is C20H17N3O4S. The van der Waals surface area contributed by atoms with E-state index in [1.807, 2.05) is 0 Å². The maximum absolute atomic E-state index is 12.8. The molecule has 0 saturated heterocycles. The number of hydrogen-bond acceptors (Lipinski definition) is 6. The Morgan fingerprint density at radius 3 is 2.43 bits per heavy atom.